The van der Waals surface area contributed by atoms with Crippen LogP contribution in [0.2, 0.25) is 0 Å². The van der Waals surface area contributed by atoms with Crippen molar-refractivity contribution in [3.63, 3.8) is 0 Å². The third-order valence-electron chi connectivity index (χ3n) is 2.89. The van der Waals surface area contributed by atoms with E-state index in [1.165, 1.54) is 0 Å². The van der Waals surface area contributed by atoms with Crippen LogP contribution < -0.4 is 0 Å². The average molecular weight is 190 g/mol. The van der Waals surface area contributed by atoms with Crippen molar-refractivity contribution >= 4 is 5.78 Å². The number of carbonyl (C=O) groups is 1. The Labute approximate surface area is 83.6 Å². The van der Waals surface area contributed by atoms with Crippen molar-refractivity contribution in [2.75, 3.05) is 0 Å². The summed E-state index contributed by atoms with van der Waals surface area (Å²) in [6, 6.07) is 7.29. The van der Waals surface area contributed by atoms with Crippen molar-refractivity contribution in [1.82, 2.24) is 0 Å². The zero-order chi connectivity index (χ0) is 10.1. The van der Waals surface area contributed by atoms with Gasteiger partial charge in [-0.3, -0.25) is 4.79 Å². The normalized spacial score (nSPS) is 24.6. The molecule has 1 aromatic carbocycles. The first-order valence-corrected chi connectivity index (χ1v) is 5.04. The van der Waals surface area contributed by atoms with E-state index in [0.29, 0.717) is 18.0 Å². The molecule has 14 heavy (non-hydrogen) atoms. The Morgan fingerprint density at radius 3 is 2.86 bits per heavy atom. The summed E-state index contributed by atoms with van der Waals surface area (Å²) in [6.07, 6.45) is 1.51. The number of hydrogen-bond donors (Lipinski definition) is 1. The standard InChI is InChI=1S/C12H14O2/c1-2-11(13)10-7-9(10)8-5-3-4-6-12(8)14/h3-6,9-10,14H,2,7H2,1H3/t9-,10+/m1/s1. The third-order valence-corrected chi connectivity index (χ3v) is 2.89. The molecule has 1 saturated carbocycles. The lowest BCUT2D eigenvalue weighted by atomic mass is 10.1. The number of Topliss-reactive ketones (excluding diaryl/α,β-unsaturated/α-hetero) is 1. The van der Waals surface area contributed by atoms with E-state index in [1.54, 1.807) is 12.1 Å². The summed E-state index contributed by atoms with van der Waals surface area (Å²) in [5.74, 6) is 1.07. The molecule has 1 N–H and O–H groups in total. The zero-order valence-corrected chi connectivity index (χ0v) is 8.23. The number of ketones is 1. The lowest BCUT2D eigenvalue weighted by Gasteiger charge is -2.01. The first-order valence-electron chi connectivity index (χ1n) is 5.04. The topological polar surface area (TPSA) is 37.3 Å². The maximum absolute atomic E-state index is 11.4. The molecule has 1 aromatic rings. The summed E-state index contributed by atoms with van der Waals surface area (Å²) in [5.41, 5.74) is 0.930. The van der Waals surface area contributed by atoms with Crippen molar-refractivity contribution in [3.05, 3.63) is 29.8 Å². The van der Waals surface area contributed by atoms with Crippen LogP contribution in [0, 0.1) is 5.92 Å². The Hall–Kier alpha value is -1.31. The van der Waals surface area contributed by atoms with Crippen LogP contribution in [0.1, 0.15) is 31.2 Å². The van der Waals surface area contributed by atoms with Crippen LogP contribution >= 0.6 is 0 Å². The van der Waals surface area contributed by atoms with E-state index in [-0.39, 0.29) is 11.8 Å². The fraction of sp³-hybridized carbons (Fsp3) is 0.417. The van der Waals surface area contributed by atoms with Crippen molar-refractivity contribution in [2.24, 2.45) is 5.92 Å². The zero-order valence-electron chi connectivity index (χ0n) is 8.23. The summed E-state index contributed by atoms with van der Waals surface area (Å²) in [7, 11) is 0. The summed E-state index contributed by atoms with van der Waals surface area (Å²) < 4.78 is 0. The van der Waals surface area contributed by atoms with Gasteiger partial charge in [0.15, 0.2) is 0 Å². The van der Waals surface area contributed by atoms with Gasteiger partial charge in [-0.05, 0) is 24.0 Å². The van der Waals surface area contributed by atoms with E-state index in [0.717, 1.165) is 12.0 Å². The lowest BCUT2D eigenvalue weighted by Crippen LogP contribution is -1.99. The molecule has 2 heteroatoms. The molecule has 0 radical (unpaired) electrons. The van der Waals surface area contributed by atoms with Gasteiger partial charge in [-0.2, -0.15) is 0 Å². The summed E-state index contributed by atoms with van der Waals surface area (Å²) in [6.45, 7) is 1.89. The van der Waals surface area contributed by atoms with Crippen LogP contribution in [0.4, 0.5) is 0 Å². The Morgan fingerprint density at radius 1 is 1.50 bits per heavy atom. The number of carbonyl (C=O) groups excluding carboxylic acids is 1. The number of benzene rings is 1. The van der Waals surface area contributed by atoms with Gasteiger partial charge in [0.2, 0.25) is 0 Å². The third kappa shape index (κ3) is 1.52. The second-order valence-electron chi connectivity index (χ2n) is 3.83. The Balaban J connectivity index is 2.13. The second-order valence-corrected chi connectivity index (χ2v) is 3.83. The van der Waals surface area contributed by atoms with Gasteiger partial charge in [0.1, 0.15) is 11.5 Å². The van der Waals surface area contributed by atoms with E-state index < -0.39 is 0 Å². The predicted molar refractivity (Wildman–Crippen MR) is 54.3 cm³/mol. The Morgan fingerprint density at radius 2 is 2.21 bits per heavy atom. The van der Waals surface area contributed by atoms with Gasteiger partial charge < -0.3 is 5.11 Å². The molecule has 2 nitrogen and oxygen atoms in total. The van der Waals surface area contributed by atoms with Crippen LogP contribution in [-0.2, 0) is 4.79 Å². The number of rotatable bonds is 3. The summed E-state index contributed by atoms with van der Waals surface area (Å²) in [4.78, 5) is 11.4. The van der Waals surface area contributed by atoms with Crippen molar-refractivity contribution in [3.8, 4) is 5.75 Å². The van der Waals surface area contributed by atoms with E-state index in [4.69, 9.17) is 0 Å². The fourth-order valence-electron chi connectivity index (χ4n) is 1.96. The SMILES string of the molecule is CCC(=O)[C@H]1C[C@@H]1c1ccccc1O. The number of phenols is 1. The smallest absolute Gasteiger partial charge is 0.136 e. The average Bonchev–Trinajstić information content (AvgIpc) is 2.97. The second kappa shape index (κ2) is 3.45. The highest BCUT2D eigenvalue weighted by Crippen LogP contribution is 2.50. The van der Waals surface area contributed by atoms with Gasteiger partial charge in [-0.1, -0.05) is 25.1 Å². The lowest BCUT2D eigenvalue weighted by molar-refractivity contribution is -0.120. The molecule has 1 aliphatic carbocycles. The van der Waals surface area contributed by atoms with Crippen molar-refractivity contribution in [1.29, 1.82) is 0 Å². The van der Waals surface area contributed by atoms with Crippen LogP contribution in [-0.4, -0.2) is 10.9 Å². The highest BCUT2D eigenvalue weighted by atomic mass is 16.3. The number of phenolic OH excluding ortho intramolecular Hbond substituents is 1. The van der Waals surface area contributed by atoms with Crippen LogP contribution in [0.3, 0.4) is 0 Å². The first-order chi connectivity index (χ1) is 6.74. The molecule has 1 aliphatic rings. The van der Waals surface area contributed by atoms with Gasteiger partial charge in [0.25, 0.3) is 0 Å². The molecule has 1 fully saturated rings. The molecule has 0 amide bonds. The Bertz CT molecular complexity index is 357. The van der Waals surface area contributed by atoms with Gasteiger partial charge in [-0.15, -0.1) is 0 Å². The van der Waals surface area contributed by atoms with E-state index in [9.17, 15) is 9.90 Å². The van der Waals surface area contributed by atoms with Gasteiger partial charge >= 0.3 is 0 Å². The maximum atomic E-state index is 11.4. The van der Waals surface area contributed by atoms with E-state index in [1.807, 2.05) is 19.1 Å². The number of para-hydroxylation sites is 1. The fourth-order valence-corrected chi connectivity index (χ4v) is 1.96. The maximum Gasteiger partial charge on any atom is 0.136 e. The molecule has 0 aliphatic heterocycles. The molecule has 2 atom stereocenters. The van der Waals surface area contributed by atoms with Crippen molar-refractivity contribution < 1.29 is 9.90 Å². The minimum Gasteiger partial charge on any atom is -0.508 e. The molecule has 0 spiro atoms. The van der Waals surface area contributed by atoms with E-state index >= 15 is 0 Å². The summed E-state index contributed by atoms with van der Waals surface area (Å²) in [5, 5.41) is 9.58. The minimum atomic E-state index is 0.160. The van der Waals surface area contributed by atoms with Crippen LogP contribution in [0.25, 0.3) is 0 Å². The Kier molecular flexibility index (Phi) is 2.28. The van der Waals surface area contributed by atoms with E-state index in [2.05, 4.69) is 0 Å². The quantitative estimate of drug-likeness (QED) is 0.795. The minimum absolute atomic E-state index is 0.160. The largest absolute Gasteiger partial charge is 0.508 e. The molecule has 0 saturated heterocycles. The first kappa shape index (κ1) is 9.25. The molecule has 0 heterocycles. The van der Waals surface area contributed by atoms with Crippen LogP contribution in [0.5, 0.6) is 5.75 Å². The monoisotopic (exact) mass is 190 g/mol. The molecule has 0 bridgehead atoms. The predicted octanol–water partition coefficient (Wildman–Crippen LogP) is 2.47. The molecular formula is C12H14O2. The van der Waals surface area contributed by atoms with Crippen LogP contribution in [0.15, 0.2) is 24.3 Å². The van der Waals surface area contributed by atoms with Gasteiger partial charge in [0, 0.05) is 12.3 Å². The van der Waals surface area contributed by atoms with Gasteiger partial charge in [-0.25, -0.2) is 0 Å². The highest BCUT2D eigenvalue weighted by molar-refractivity contribution is 5.84. The number of aromatic hydroxyl groups is 1. The molecule has 74 valence electrons. The molecule has 0 aromatic heterocycles. The molecular weight excluding hydrogens is 176 g/mol. The summed E-state index contributed by atoms with van der Waals surface area (Å²) >= 11 is 0. The molecule has 2 rings (SSSR count). The highest BCUT2D eigenvalue weighted by Gasteiger charge is 2.43. The molecule has 0 unspecified atom stereocenters. The number of hydrogen-bond acceptors (Lipinski definition) is 2. The van der Waals surface area contributed by atoms with Crippen molar-refractivity contribution in [2.45, 2.75) is 25.7 Å². The van der Waals surface area contributed by atoms with Gasteiger partial charge in [0.05, 0.1) is 0 Å².